The fourth-order valence-electron chi connectivity index (χ4n) is 2.28. The number of piperidine rings is 1. The Morgan fingerprint density at radius 1 is 1.56 bits per heavy atom. The van der Waals surface area contributed by atoms with Gasteiger partial charge in [0.2, 0.25) is 6.04 Å². The van der Waals surface area contributed by atoms with Gasteiger partial charge in [0.05, 0.1) is 0 Å². The van der Waals surface area contributed by atoms with E-state index in [9.17, 15) is 4.79 Å². The lowest BCUT2D eigenvalue weighted by molar-refractivity contribution is 0.0160. The quantitative estimate of drug-likeness (QED) is 0.706. The van der Waals surface area contributed by atoms with Crippen LogP contribution in [0.25, 0.3) is 4.85 Å². The molecule has 0 aromatic carbocycles. The van der Waals surface area contributed by atoms with E-state index < -0.39 is 5.60 Å². The molecular formula is C14H24N2O2. The van der Waals surface area contributed by atoms with Crippen molar-refractivity contribution in [3.05, 3.63) is 11.4 Å². The van der Waals surface area contributed by atoms with E-state index in [0.29, 0.717) is 5.92 Å². The average molecular weight is 252 g/mol. The van der Waals surface area contributed by atoms with Crippen LogP contribution >= 0.6 is 0 Å². The summed E-state index contributed by atoms with van der Waals surface area (Å²) in [7, 11) is 0. The molecule has 102 valence electrons. The Balaban J connectivity index is 2.48. The molecule has 2 atom stereocenters. The van der Waals surface area contributed by atoms with Crippen molar-refractivity contribution in [2.45, 2.75) is 58.6 Å². The van der Waals surface area contributed by atoms with Crippen molar-refractivity contribution in [1.29, 1.82) is 0 Å². The minimum Gasteiger partial charge on any atom is -0.444 e. The lowest BCUT2D eigenvalue weighted by Crippen LogP contribution is -2.43. The zero-order valence-corrected chi connectivity index (χ0v) is 11.9. The van der Waals surface area contributed by atoms with Crippen molar-refractivity contribution in [2.24, 2.45) is 5.92 Å². The van der Waals surface area contributed by atoms with Crippen molar-refractivity contribution in [3.63, 3.8) is 0 Å². The second-order valence-corrected chi connectivity index (χ2v) is 6.15. The molecule has 0 spiro atoms. The molecule has 4 heteroatoms. The Labute approximate surface area is 110 Å². The van der Waals surface area contributed by atoms with Gasteiger partial charge in [0, 0.05) is 26.4 Å². The summed E-state index contributed by atoms with van der Waals surface area (Å²) in [4.78, 5) is 17.3. The topological polar surface area (TPSA) is 33.9 Å². The molecule has 0 radical (unpaired) electrons. The SMILES string of the molecule is [C-]#[N+]C(C)CC1CCCN(C(=O)OC(C)(C)C)C1. The molecule has 1 heterocycles. The van der Waals surface area contributed by atoms with E-state index in [2.05, 4.69) is 4.85 Å². The largest absolute Gasteiger partial charge is 0.444 e. The summed E-state index contributed by atoms with van der Waals surface area (Å²) in [5.41, 5.74) is -0.437. The summed E-state index contributed by atoms with van der Waals surface area (Å²) in [5, 5.41) is 0. The molecular weight excluding hydrogens is 228 g/mol. The van der Waals surface area contributed by atoms with E-state index in [1.165, 1.54) is 0 Å². The van der Waals surface area contributed by atoms with Crippen LogP contribution in [-0.2, 0) is 4.74 Å². The zero-order chi connectivity index (χ0) is 13.8. The molecule has 1 aliphatic heterocycles. The van der Waals surface area contributed by atoms with Crippen LogP contribution in [-0.4, -0.2) is 35.7 Å². The second kappa shape index (κ2) is 6.08. The summed E-state index contributed by atoms with van der Waals surface area (Å²) in [6.07, 6.45) is 2.78. The number of ether oxygens (including phenoxy) is 1. The minimum atomic E-state index is -0.437. The van der Waals surface area contributed by atoms with Crippen LogP contribution in [0.15, 0.2) is 0 Å². The number of carbonyl (C=O) groups is 1. The Morgan fingerprint density at radius 2 is 2.22 bits per heavy atom. The third kappa shape index (κ3) is 4.95. The molecule has 1 amide bonds. The smallest absolute Gasteiger partial charge is 0.410 e. The Bertz CT molecular complexity index is 328. The van der Waals surface area contributed by atoms with Gasteiger partial charge < -0.3 is 14.5 Å². The number of carbonyl (C=O) groups excluding carboxylic acids is 1. The van der Waals surface area contributed by atoms with Crippen LogP contribution in [0.4, 0.5) is 4.79 Å². The highest BCUT2D eigenvalue weighted by Gasteiger charge is 2.29. The van der Waals surface area contributed by atoms with Gasteiger partial charge in [-0.25, -0.2) is 11.4 Å². The van der Waals surface area contributed by atoms with Crippen molar-refractivity contribution >= 4 is 6.09 Å². The lowest BCUT2D eigenvalue weighted by Gasteiger charge is -2.34. The number of likely N-dealkylation sites (tertiary alicyclic amines) is 1. The van der Waals surface area contributed by atoms with Crippen molar-refractivity contribution in [2.75, 3.05) is 13.1 Å². The molecule has 1 saturated heterocycles. The second-order valence-electron chi connectivity index (χ2n) is 6.15. The van der Waals surface area contributed by atoms with Gasteiger partial charge in [-0.3, -0.25) is 0 Å². The van der Waals surface area contributed by atoms with Crippen LogP contribution in [0, 0.1) is 12.5 Å². The molecule has 1 rings (SSSR count). The average Bonchev–Trinajstić information content (AvgIpc) is 2.27. The van der Waals surface area contributed by atoms with Gasteiger partial charge in [-0.2, -0.15) is 0 Å². The number of nitrogens with zero attached hydrogens (tertiary/aromatic N) is 2. The molecule has 4 nitrogen and oxygen atoms in total. The molecule has 0 saturated carbocycles. The first-order valence-electron chi connectivity index (χ1n) is 6.66. The van der Waals surface area contributed by atoms with E-state index in [-0.39, 0.29) is 12.1 Å². The first-order valence-corrected chi connectivity index (χ1v) is 6.66. The van der Waals surface area contributed by atoms with E-state index in [1.54, 1.807) is 4.90 Å². The first-order chi connectivity index (χ1) is 8.31. The molecule has 2 unspecified atom stereocenters. The number of hydrogen-bond acceptors (Lipinski definition) is 2. The standard InChI is InChI=1S/C14H24N2O2/c1-11(15-5)9-12-7-6-8-16(10-12)13(17)18-14(2,3)4/h11-12H,6-10H2,1-4H3. The minimum absolute atomic E-state index is 0.0496. The maximum absolute atomic E-state index is 12.0. The normalized spacial score (nSPS) is 22.2. The highest BCUT2D eigenvalue weighted by molar-refractivity contribution is 5.68. The Hall–Kier alpha value is -1.24. The molecule has 18 heavy (non-hydrogen) atoms. The van der Waals surface area contributed by atoms with E-state index in [1.807, 2.05) is 27.7 Å². The van der Waals surface area contributed by atoms with Gasteiger partial charge in [0.1, 0.15) is 5.60 Å². The van der Waals surface area contributed by atoms with Crippen molar-refractivity contribution < 1.29 is 9.53 Å². The fourth-order valence-corrected chi connectivity index (χ4v) is 2.28. The third-order valence-electron chi connectivity index (χ3n) is 3.07. The highest BCUT2D eigenvalue weighted by atomic mass is 16.6. The predicted molar refractivity (Wildman–Crippen MR) is 71.2 cm³/mol. The maximum atomic E-state index is 12.0. The molecule has 0 bridgehead atoms. The summed E-state index contributed by atoms with van der Waals surface area (Å²) in [6.45, 7) is 16.1. The van der Waals surface area contributed by atoms with E-state index >= 15 is 0 Å². The van der Waals surface area contributed by atoms with E-state index in [4.69, 9.17) is 11.3 Å². The molecule has 0 N–H and O–H groups in total. The fraction of sp³-hybridized carbons (Fsp3) is 0.857. The maximum Gasteiger partial charge on any atom is 0.410 e. The molecule has 1 fully saturated rings. The number of amides is 1. The highest BCUT2D eigenvalue weighted by Crippen LogP contribution is 2.23. The van der Waals surface area contributed by atoms with Gasteiger partial charge in [0.15, 0.2) is 0 Å². The Kier molecular flexibility index (Phi) is 5.01. The van der Waals surface area contributed by atoms with Crippen molar-refractivity contribution in [1.82, 2.24) is 4.90 Å². The first kappa shape index (κ1) is 14.8. The Morgan fingerprint density at radius 3 is 2.78 bits per heavy atom. The van der Waals surface area contributed by atoms with Crippen LogP contribution in [0.2, 0.25) is 0 Å². The van der Waals surface area contributed by atoms with Crippen LogP contribution in [0.1, 0.15) is 47.0 Å². The summed E-state index contributed by atoms with van der Waals surface area (Å²) in [6, 6.07) is 0.0496. The molecule has 0 aromatic heterocycles. The number of hydrogen-bond donors (Lipinski definition) is 0. The van der Waals surface area contributed by atoms with E-state index in [0.717, 1.165) is 32.4 Å². The third-order valence-corrected chi connectivity index (χ3v) is 3.07. The molecule has 1 aliphatic rings. The summed E-state index contributed by atoms with van der Waals surface area (Å²) < 4.78 is 5.38. The van der Waals surface area contributed by atoms with Crippen LogP contribution in [0.5, 0.6) is 0 Å². The van der Waals surface area contributed by atoms with Gasteiger partial charge >= 0.3 is 6.09 Å². The molecule has 0 aromatic rings. The van der Waals surface area contributed by atoms with Gasteiger partial charge in [-0.15, -0.1) is 0 Å². The predicted octanol–water partition coefficient (Wildman–Crippen LogP) is 3.33. The van der Waals surface area contributed by atoms with Crippen molar-refractivity contribution in [3.8, 4) is 0 Å². The van der Waals surface area contributed by atoms with Gasteiger partial charge in [-0.05, 0) is 39.5 Å². The zero-order valence-electron chi connectivity index (χ0n) is 11.9. The van der Waals surface area contributed by atoms with Crippen LogP contribution < -0.4 is 0 Å². The van der Waals surface area contributed by atoms with Gasteiger partial charge in [-0.1, -0.05) is 0 Å². The number of rotatable bonds is 2. The van der Waals surface area contributed by atoms with Gasteiger partial charge in [0.25, 0.3) is 0 Å². The lowest BCUT2D eigenvalue weighted by atomic mass is 9.92. The monoisotopic (exact) mass is 252 g/mol. The van der Waals surface area contributed by atoms with Crippen LogP contribution in [0.3, 0.4) is 0 Å². The summed E-state index contributed by atoms with van der Waals surface area (Å²) >= 11 is 0. The molecule has 0 aliphatic carbocycles. The summed E-state index contributed by atoms with van der Waals surface area (Å²) in [5.74, 6) is 0.440.